The van der Waals surface area contributed by atoms with Crippen molar-refractivity contribution in [3.05, 3.63) is 47.5 Å². The van der Waals surface area contributed by atoms with Crippen molar-refractivity contribution in [2.24, 2.45) is 4.99 Å². The number of aromatic nitrogens is 2. The molecule has 2 rings (SSSR count). The molecule has 27 heavy (non-hydrogen) atoms. The van der Waals surface area contributed by atoms with Crippen LogP contribution in [-0.2, 0) is 22.9 Å². The van der Waals surface area contributed by atoms with E-state index in [2.05, 4.69) is 25.2 Å². The number of aliphatic imine (C=N–C) groups is 1. The summed E-state index contributed by atoms with van der Waals surface area (Å²) in [7, 11) is -1.45. The summed E-state index contributed by atoms with van der Waals surface area (Å²) in [5.41, 5.74) is 1.77. The zero-order valence-corrected chi connectivity index (χ0v) is 17.3. The maximum atomic E-state index is 11.7. The molecule has 0 saturated heterocycles. The first-order chi connectivity index (χ1) is 12.8. The SMILES string of the molecule is CN=C(NCCCCn1ccnc1C)NCc1ccc(S(C)(=O)=O)c(C)c1. The maximum absolute atomic E-state index is 11.7. The number of aryl methyl sites for hydroxylation is 3. The molecule has 0 aliphatic carbocycles. The van der Waals surface area contributed by atoms with E-state index in [9.17, 15) is 8.42 Å². The Morgan fingerprint density at radius 2 is 2.00 bits per heavy atom. The number of hydrogen-bond acceptors (Lipinski definition) is 4. The second kappa shape index (κ2) is 9.55. The van der Waals surface area contributed by atoms with E-state index in [1.807, 2.05) is 38.4 Å². The Morgan fingerprint density at radius 3 is 2.59 bits per heavy atom. The standard InChI is InChI=1S/C19H29N5O2S/c1-15-13-17(7-8-18(15)27(4,25)26)14-23-19(20-3)22-9-5-6-11-24-12-10-21-16(24)2/h7-8,10,12-13H,5-6,9,11,14H2,1-4H3,(H2,20,22,23). The van der Waals surface area contributed by atoms with Gasteiger partial charge in [-0.15, -0.1) is 0 Å². The molecule has 0 aliphatic rings. The third-order valence-corrected chi connectivity index (χ3v) is 5.62. The number of sulfone groups is 1. The Hall–Kier alpha value is -2.35. The van der Waals surface area contributed by atoms with Crippen LogP contribution in [0.4, 0.5) is 0 Å². The number of unbranched alkanes of at least 4 members (excludes halogenated alkanes) is 1. The predicted octanol–water partition coefficient (Wildman–Crippen LogP) is 2.05. The van der Waals surface area contributed by atoms with Crippen LogP contribution in [0.3, 0.4) is 0 Å². The topological polar surface area (TPSA) is 88.4 Å². The number of benzene rings is 1. The van der Waals surface area contributed by atoms with Crippen molar-refractivity contribution >= 4 is 15.8 Å². The monoisotopic (exact) mass is 391 g/mol. The zero-order valence-electron chi connectivity index (χ0n) is 16.5. The molecule has 1 aromatic heterocycles. The van der Waals surface area contributed by atoms with Crippen LogP contribution in [0.2, 0.25) is 0 Å². The van der Waals surface area contributed by atoms with Gasteiger partial charge in [0.2, 0.25) is 0 Å². The Morgan fingerprint density at radius 1 is 1.22 bits per heavy atom. The lowest BCUT2D eigenvalue weighted by molar-refractivity contribution is 0.588. The molecule has 0 unspecified atom stereocenters. The van der Waals surface area contributed by atoms with E-state index in [4.69, 9.17) is 0 Å². The number of hydrogen-bond donors (Lipinski definition) is 2. The van der Waals surface area contributed by atoms with Crippen LogP contribution in [0.1, 0.15) is 29.8 Å². The fourth-order valence-electron chi connectivity index (χ4n) is 2.90. The van der Waals surface area contributed by atoms with Gasteiger partial charge < -0.3 is 15.2 Å². The quantitative estimate of drug-likeness (QED) is 0.408. The number of nitrogens with zero attached hydrogens (tertiary/aromatic N) is 3. The molecule has 2 N–H and O–H groups in total. The van der Waals surface area contributed by atoms with Gasteiger partial charge in [0.05, 0.1) is 4.90 Å². The molecule has 0 saturated carbocycles. The van der Waals surface area contributed by atoms with Crippen LogP contribution >= 0.6 is 0 Å². The summed E-state index contributed by atoms with van der Waals surface area (Å²) in [6.07, 6.45) is 7.14. The minimum Gasteiger partial charge on any atom is -0.356 e. The molecule has 0 aliphatic heterocycles. The lowest BCUT2D eigenvalue weighted by Crippen LogP contribution is -2.37. The first-order valence-corrected chi connectivity index (χ1v) is 10.9. The molecule has 0 spiro atoms. The molecule has 0 bridgehead atoms. The summed E-state index contributed by atoms with van der Waals surface area (Å²) >= 11 is 0. The van der Waals surface area contributed by atoms with Gasteiger partial charge in [-0.05, 0) is 43.9 Å². The zero-order chi connectivity index (χ0) is 19.9. The molecule has 7 nitrogen and oxygen atoms in total. The van der Waals surface area contributed by atoms with Gasteiger partial charge >= 0.3 is 0 Å². The summed E-state index contributed by atoms with van der Waals surface area (Å²) in [6, 6.07) is 5.39. The van der Waals surface area contributed by atoms with Crippen molar-refractivity contribution in [3.8, 4) is 0 Å². The smallest absolute Gasteiger partial charge is 0.191 e. The highest BCUT2D eigenvalue weighted by molar-refractivity contribution is 7.90. The second-order valence-electron chi connectivity index (χ2n) is 6.60. The molecule has 0 radical (unpaired) electrons. The summed E-state index contributed by atoms with van der Waals surface area (Å²) in [5.74, 6) is 1.77. The van der Waals surface area contributed by atoms with E-state index in [1.54, 1.807) is 13.1 Å². The maximum Gasteiger partial charge on any atom is 0.191 e. The largest absolute Gasteiger partial charge is 0.356 e. The lowest BCUT2D eigenvalue weighted by Gasteiger charge is -2.13. The van der Waals surface area contributed by atoms with E-state index in [0.717, 1.165) is 48.8 Å². The van der Waals surface area contributed by atoms with Crippen LogP contribution < -0.4 is 10.6 Å². The first-order valence-electron chi connectivity index (χ1n) is 9.03. The van der Waals surface area contributed by atoms with Crippen LogP contribution in [0.5, 0.6) is 0 Å². The van der Waals surface area contributed by atoms with Crippen LogP contribution in [0.15, 0.2) is 40.5 Å². The second-order valence-corrected chi connectivity index (χ2v) is 8.58. The molecule has 8 heteroatoms. The Labute approximate surface area is 161 Å². The molecule has 1 heterocycles. The first kappa shape index (κ1) is 21.0. The van der Waals surface area contributed by atoms with Crippen LogP contribution in [0.25, 0.3) is 0 Å². The summed E-state index contributed by atoms with van der Waals surface area (Å²) in [5, 5.41) is 6.56. The van der Waals surface area contributed by atoms with Crippen molar-refractivity contribution in [2.75, 3.05) is 19.8 Å². The highest BCUT2D eigenvalue weighted by Crippen LogP contribution is 2.16. The van der Waals surface area contributed by atoms with Crippen molar-refractivity contribution in [1.29, 1.82) is 0 Å². The minimum atomic E-state index is -3.18. The van der Waals surface area contributed by atoms with Crippen molar-refractivity contribution in [1.82, 2.24) is 20.2 Å². The normalized spacial score (nSPS) is 12.2. The molecule has 1 aromatic carbocycles. The molecule has 0 fully saturated rings. The average Bonchev–Trinajstić information content (AvgIpc) is 3.01. The van der Waals surface area contributed by atoms with Gasteiger partial charge in [0, 0.05) is 45.3 Å². The highest BCUT2D eigenvalue weighted by Gasteiger charge is 2.10. The third kappa shape index (κ3) is 6.39. The number of rotatable bonds is 8. The summed E-state index contributed by atoms with van der Waals surface area (Å²) < 4.78 is 25.5. The summed E-state index contributed by atoms with van der Waals surface area (Å²) in [6.45, 7) is 6.20. The molecular weight excluding hydrogens is 362 g/mol. The van der Waals surface area contributed by atoms with Gasteiger partial charge in [-0.2, -0.15) is 0 Å². The van der Waals surface area contributed by atoms with E-state index < -0.39 is 9.84 Å². The van der Waals surface area contributed by atoms with Crippen molar-refractivity contribution in [2.45, 2.75) is 44.7 Å². The number of nitrogens with one attached hydrogen (secondary N) is 2. The van der Waals surface area contributed by atoms with Gasteiger partial charge in [-0.1, -0.05) is 12.1 Å². The van der Waals surface area contributed by atoms with E-state index in [-0.39, 0.29) is 0 Å². The highest BCUT2D eigenvalue weighted by atomic mass is 32.2. The Bertz CT molecular complexity index is 887. The van der Waals surface area contributed by atoms with Gasteiger partial charge in [0.25, 0.3) is 0 Å². The van der Waals surface area contributed by atoms with Gasteiger partial charge in [0.1, 0.15) is 5.82 Å². The van der Waals surface area contributed by atoms with E-state index in [0.29, 0.717) is 11.4 Å². The fourth-order valence-corrected chi connectivity index (χ4v) is 3.86. The minimum absolute atomic E-state index is 0.377. The van der Waals surface area contributed by atoms with Crippen molar-refractivity contribution in [3.63, 3.8) is 0 Å². The van der Waals surface area contributed by atoms with Crippen molar-refractivity contribution < 1.29 is 8.42 Å². The number of guanidine groups is 1. The lowest BCUT2D eigenvalue weighted by atomic mass is 10.1. The predicted molar refractivity (Wildman–Crippen MR) is 109 cm³/mol. The average molecular weight is 392 g/mol. The molecular formula is C19H29N5O2S. The van der Waals surface area contributed by atoms with Crippen LogP contribution in [-0.4, -0.2) is 43.8 Å². The van der Waals surface area contributed by atoms with Gasteiger partial charge in [-0.3, -0.25) is 4.99 Å². The molecule has 148 valence electrons. The fraction of sp³-hybridized carbons (Fsp3) is 0.474. The van der Waals surface area contributed by atoms with Crippen LogP contribution in [0, 0.1) is 13.8 Å². The number of imidazole rings is 1. The van der Waals surface area contributed by atoms with E-state index >= 15 is 0 Å². The van der Waals surface area contributed by atoms with Gasteiger partial charge in [0.15, 0.2) is 15.8 Å². The van der Waals surface area contributed by atoms with E-state index in [1.165, 1.54) is 6.26 Å². The molecule has 0 atom stereocenters. The van der Waals surface area contributed by atoms with Gasteiger partial charge in [-0.25, -0.2) is 13.4 Å². The Balaban J connectivity index is 1.75. The third-order valence-electron chi connectivity index (χ3n) is 4.36. The summed E-state index contributed by atoms with van der Waals surface area (Å²) in [4.78, 5) is 8.82. The Kier molecular flexibility index (Phi) is 7.41. The molecule has 2 aromatic rings. The molecule has 0 amide bonds.